The lowest BCUT2D eigenvalue weighted by Crippen LogP contribution is -2.47. The molecule has 4 rings (SSSR count). The van der Waals surface area contributed by atoms with Crippen LogP contribution < -0.4 is 9.80 Å². The van der Waals surface area contributed by atoms with E-state index in [2.05, 4.69) is 33.8 Å². The summed E-state index contributed by atoms with van der Waals surface area (Å²) in [5.41, 5.74) is 1.02. The Balaban J connectivity index is 1.52. The second kappa shape index (κ2) is 11.1. The number of anilines is 2. The Kier molecular flexibility index (Phi) is 7.92. The number of aromatic hydroxyl groups is 1. The Morgan fingerprint density at radius 2 is 1.76 bits per heavy atom. The molecule has 2 fully saturated rings. The molecule has 3 heterocycles. The van der Waals surface area contributed by atoms with Crippen LogP contribution in [0.25, 0.3) is 0 Å². The monoisotopic (exact) mass is 470 g/mol. The fraction of sp³-hybridized carbons (Fsp3) is 0.640. The zero-order valence-electron chi connectivity index (χ0n) is 20.7. The number of likely N-dealkylation sites (tertiary alicyclic amines) is 1. The number of rotatable bonds is 9. The van der Waals surface area contributed by atoms with Crippen molar-refractivity contribution >= 4 is 17.5 Å². The fourth-order valence-electron chi connectivity index (χ4n) is 4.89. The van der Waals surface area contributed by atoms with Gasteiger partial charge in [0.25, 0.3) is 5.91 Å². The van der Waals surface area contributed by atoms with Gasteiger partial charge in [-0.15, -0.1) is 10.2 Å². The summed E-state index contributed by atoms with van der Waals surface area (Å²) in [6, 6.07) is 7.37. The lowest BCUT2D eigenvalue weighted by atomic mass is 10.0. The highest BCUT2D eigenvalue weighted by molar-refractivity contribution is 5.91. The van der Waals surface area contributed by atoms with Crippen LogP contribution in [0.4, 0.5) is 11.6 Å². The van der Waals surface area contributed by atoms with E-state index in [1.807, 2.05) is 28.5 Å². The molecule has 1 amide bonds. The van der Waals surface area contributed by atoms with Gasteiger partial charge in [-0.05, 0) is 44.2 Å². The quantitative estimate of drug-likeness (QED) is 0.603. The minimum atomic E-state index is -0.0212. The van der Waals surface area contributed by atoms with Crippen LogP contribution in [0, 0.1) is 5.92 Å². The van der Waals surface area contributed by atoms with Crippen molar-refractivity contribution in [2.45, 2.75) is 52.7 Å². The van der Waals surface area contributed by atoms with Gasteiger partial charge in [-0.1, -0.05) is 19.9 Å². The van der Waals surface area contributed by atoms with Crippen LogP contribution in [-0.2, 0) is 11.3 Å². The minimum absolute atomic E-state index is 0.0212. The summed E-state index contributed by atoms with van der Waals surface area (Å²) >= 11 is 0. The van der Waals surface area contributed by atoms with Gasteiger partial charge in [-0.3, -0.25) is 9.36 Å². The van der Waals surface area contributed by atoms with Crippen molar-refractivity contribution in [3.63, 3.8) is 0 Å². The van der Waals surface area contributed by atoms with E-state index in [1.165, 1.54) is 0 Å². The maximum absolute atomic E-state index is 13.3. The van der Waals surface area contributed by atoms with E-state index in [4.69, 9.17) is 4.74 Å². The van der Waals surface area contributed by atoms with Gasteiger partial charge in [-0.2, -0.15) is 0 Å². The maximum Gasteiger partial charge on any atom is 0.291 e. The van der Waals surface area contributed by atoms with Gasteiger partial charge in [-0.25, -0.2) is 0 Å². The Hall–Kier alpha value is -2.81. The van der Waals surface area contributed by atoms with Gasteiger partial charge in [0.05, 0.1) is 6.10 Å². The number of carbonyl (C=O) groups is 1. The topological polar surface area (TPSA) is 87.0 Å². The fourth-order valence-corrected chi connectivity index (χ4v) is 4.89. The first-order chi connectivity index (χ1) is 16.5. The van der Waals surface area contributed by atoms with Crippen molar-refractivity contribution in [1.82, 2.24) is 19.7 Å². The van der Waals surface area contributed by atoms with Crippen molar-refractivity contribution in [3.8, 4) is 5.75 Å². The molecule has 0 saturated carbocycles. The number of piperazine rings is 1. The summed E-state index contributed by atoms with van der Waals surface area (Å²) < 4.78 is 7.98. The first-order valence-electron chi connectivity index (χ1n) is 12.6. The number of aromatic nitrogens is 3. The van der Waals surface area contributed by atoms with Gasteiger partial charge in [0.2, 0.25) is 11.8 Å². The molecule has 9 heteroatoms. The Labute approximate surface area is 202 Å². The highest BCUT2D eigenvalue weighted by atomic mass is 16.5. The third-order valence-electron chi connectivity index (χ3n) is 6.83. The first kappa shape index (κ1) is 24.3. The van der Waals surface area contributed by atoms with Gasteiger partial charge < -0.3 is 24.5 Å². The number of carbonyl (C=O) groups excluding carboxylic acids is 1. The summed E-state index contributed by atoms with van der Waals surface area (Å²) in [6.45, 7) is 12.4. The number of hydrogen-bond donors (Lipinski definition) is 1. The summed E-state index contributed by atoms with van der Waals surface area (Å²) in [5, 5.41) is 18.7. The molecule has 2 aromatic rings. The number of hydrogen-bond acceptors (Lipinski definition) is 7. The molecule has 1 N–H and O–H groups in total. The first-order valence-corrected chi connectivity index (χ1v) is 12.6. The predicted octanol–water partition coefficient (Wildman–Crippen LogP) is 3.00. The molecule has 0 spiro atoms. The van der Waals surface area contributed by atoms with Crippen LogP contribution in [0.3, 0.4) is 0 Å². The maximum atomic E-state index is 13.3. The number of amides is 1. The molecule has 0 aliphatic carbocycles. The second-order valence-corrected chi connectivity index (χ2v) is 9.49. The zero-order valence-corrected chi connectivity index (χ0v) is 20.7. The Morgan fingerprint density at radius 3 is 2.41 bits per heavy atom. The van der Waals surface area contributed by atoms with E-state index in [1.54, 1.807) is 12.1 Å². The van der Waals surface area contributed by atoms with E-state index < -0.39 is 0 Å². The highest BCUT2D eigenvalue weighted by Gasteiger charge is 2.30. The molecule has 9 nitrogen and oxygen atoms in total. The molecule has 0 bridgehead atoms. The van der Waals surface area contributed by atoms with E-state index in [0.717, 1.165) is 70.2 Å². The lowest BCUT2D eigenvalue weighted by molar-refractivity contribution is 0.0218. The number of benzene rings is 1. The van der Waals surface area contributed by atoms with Crippen LogP contribution in [0.2, 0.25) is 0 Å². The third kappa shape index (κ3) is 5.46. The number of ether oxygens (including phenoxy) is 1. The molecule has 1 unspecified atom stereocenters. The molecular formula is C25H38N6O3. The number of phenolic OH excluding ortho intramolecular Hbond substituents is 1. The number of phenols is 1. The average molecular weight is 471 g/mol. The van der Waals surface area contributed by atoms with Crippen molar-refractivity contribution < 1.29 is 14.6 Å². The smallest absolute Gasteiger partial charge is 0.291 e. The summed E-state index contributed by atoms with van der Waals surface area (Å²) in [4.78, 5) is 19.6. The summed E-state index contributed by atoms with van der Waals surface area (Å²) in [5.74, 6) is 1.85. The number of nitrogens with zero attached hydrogens (tertiary/aromatic N) is 6. The molecule has 1 atom stereocenters. The normalized spacial score (nSPS) is 17.6. The van der Waals surface area contributed by atoms with Crippen LogP contribution >= 0.6 is 0 Å². The van der Waals surface area contributed by atoms with E-state index >= 15 is 0 Å². The van der Waals surface area contributed by atoms with E-state index in [9.17, 15) is 9.90 Å². The molecule has 1 aromatic carbocycles. The molecular weight excluding hydrogens is 432 g/mol. The average Bonchev–Trinajstić information content (AvgIpc) is 3.52. The summed E-state index contributed by atoms with van der Waals surface area (Å²) in [7, 11) is 0. The van der Waals surface area contributed by atoms with E-state index in [0.29, 0.717) is 24.9 Å². The van der Waals surface area contributed by atoms with Crippen molar-refractivity contribution in [2.24, 2.45) is 5.92 Å². The summed E-state index contributed by atoms with van der Waals surface area (Å²) in [6.07, 6.45) is 3.02. The van der Waals surface area contributed by atoms with Crippen molar-refractivity contribution in [2.75, 3.05) is 55.7 Å². The van der Waals surface area contributed by atoms with Crippen LogP contribution in [0.5, 0.6) is 5.75 Å². The Morgan fingerprint density at radius 1 is 1.06 bits per heavy atom. The van der Waals surface area contributed by atoms with Gasteiger partial charge in [0.15, 0.2) is 0 Å². The molecule has 186 valence electrons. The lowest BCUT2D eigenvalue weighted by Gasteiger charge is -2.36. The van der Waals surface area contributed by atoms with Gasteiger partial charge >= 0.3 is 0 Å². The standard InChI is InChI=1S/C25H38N6O3/c1-4-34-22(19(2)3)10-13-31-23(24(33)29-11-5-6-12-29)26-27-25(31)30-16-14-28(15-17-30)20-8-7-9-21(32)18-20/h7-9,18-19,22,32H,4-6,10-17H2,1-3H3. The van der Waals surface area contributed by atoms with Crippen LogP contribution in [0.1, 0.15) is 50.7 Å². The van der Waals surface area contributed by atoms with Crippen LogP contribution in [-0.4, -0.2) is 82.7 Å². The van der Waals surface area contributed by atoms with Crippen LogP contribution in [0.15, 0.2) is 24.3 Å². The Bertz CT molecular complexity index is 948. The zero-order chi connectivity index (χ0) is 24.1. The molecule has 2 aliphatic rings. The largest absolute Gasteiger partial charge is 0.508 e. The van der Waals surface area contributed by atoms with E-state index in [-0.39, 0.29) is 17.8 Å². The second-order valence-electron chi connectivity index (χ2n) is 9.49. The molecule has 1 aromatic heterocycles. The molecule has 0 radical (unpaired) electrons. The highest BCUT2D eigenvalue weighted by Crippen LogP contribution is 2.25. The molecule has 2 saturated heterocycles. The van der Waals surface area contributed by atoms with Crippen molar-refractivity contribution in [3.05, 3.63) is 30.1 Å². The SMILES string of the molecule is CCOC(CCn1c(C(=O)N2CCCC2)nnc1N1CCN(c2cccc(O)c2)CC1)C(C)C. The minimum Gasteiger partial charge on any atom is -0.508 e. The molecule has 34 heavy (non-hydrogen) atoms. The predicted molar refractivity (Wildman–Crippen MR) is 133 cm³/mol. The van der Waals surface area contributed by atoms with Crippen molar-refractivity contribution in [1.29, 1.82) is 0 Å². The third-order valence-corrected chi connectivity index (χ3v) is 6.83. The molecule has 2 aliphatic heterocycles. The van der Waals surface area contributed by atoms with Gasteiger partial charge in [0.1, 0.15) is 5.75 Å². The van der Waals surface area contributed by atoms with Gasteiger partial charge in [0, 0.05) is 64.2 Å².